The molecule has 86 valence electrons. The summed E-state index contributed by atoms with van der Waals surface area (Å²) in [6.07, 6.45) is 6.84. The van der Waals surface area contributed by atoms with Gasteiger partial charge < -0.3 is 5.32 Å². The smallest absolute Gasteiger partial charge is 0.00870 e. The summed E-state index contributed by atoms with van der Waals surface area (Å²) in [5, 5.41) is 3.41. The van der Waals surface area contributed by atoms with Gasteiger partial charge in [-0.1, -0.05) is 53.4 Å². The molecule has 0 aliphatic carbocycles. The first-order valence-corrected chi connectivity index (χ1v) is 6.32. The molecule has 1 N–H and O–H groups in total. The van der Waals surface area contributed by atoms with Gasteiger partial charge in [0, 0.05) is 6.04 Å². The molecule has 0 bridgehead atoms. The fourth-order valence-electron chi connectivity index (χ4n) is 2.13. The molecule has 0 aromatic heterocycles. The molecule has 1 heteroatoms. The molecule has 0 aromatic rings. The fraction of sp³-hybridized carbons (Fsp3) is 1.00. The van der Waals surface area contributed by atoms with E-state index in [0.29, 0.717) is 6.04 Å². The van der Waals surface area contributed by atoms with Crippen molar-refractivity contribution in [1.29, 1.82) is 0 Å². The Morgan fingerprint density at radius 2 is 1.57 bits per heavy atom. The normalized spacial score (nSPS) is 13.9. The summed E-state index contributed by atoms with van der Waals surface area (Å²) in [6, 6.07) is 0.712. The lowest BCUT2D eigenvalue weighted by Crippen LogP contribution is -2.30. The van der Waals surface area contributed by atoms with Gasteiger partial charge in [-0.3, -0.25) is 0 Å². The zero-order chi connectivity index (χ0) is 11.0. The molecule has 1 nitrogen and oxygen atoms in total. The van der Waals surface area contributed by atoms with Gasteiger partial charge in [-0.05, 0) is 25.3 Å². The van der Waals surface area contributed by atoms with Crippen LogP contribution >= 0.6 is 0 Å². The van der Waals surface area contributed by atoms with Crippen molar-refractivity contribution >= 4 is 0 Å². The first-order valence-electron chi connectivity index (χ1n) is 6.32. The van der Waals surface area contributed by atoms with Crippen molar-refractivity contribution in [2.24, 2.45) is 11.8 Å². The van der Waals surface area contributed by atoms with Crippen LogP contribution in [0.2, 0.25) is 0 Å². The third-order valence-corrected chi connectivity index (χ3v) is 3.46. The van der Waals surface area contributed by atoms with Crippen molar-refractivity contribution < 1.29 is 0 Å². The Hall–Kier alpha value is -0.0400. The predicted molar refractivity (Wildman–Crippen MR) is 65.6 cm³/mol. The molecular formula is C13H29N. The summed E-state index contributed by atoms with van der Waals surface area (Å²) in [5.41, 5.74) is 0. The molecule has 0 radical (unpaired) electrons. The summed E-state index contributed by atoms with van der Waals surface area (Å²) in [5.74, 6) is 1.72. The Labute approximate surface area is 90.7 Å². The second-order valence-electron chi connectivity index (χ2n) is 4.75. The predicted octanol–water partition coefficient (Wildman–Crippen LogP) is 3.84. The third-order valence-electron chi connectivity index (χ3n) is 3.46. The Kier molecular flexibility index (Phi) is 8.26. The highest BCUT2D eigenvalue weighted by Gasteiger charge is 2.11. The highest BCUT2D eigenvalue weighted by atomic mass is 14.9. The first-order chi connectivity index (χ1) is 6.65. The molecule has 0 aromatic carbocycles. The summed E-state index contributed by atoms with van der Waals surface area (Å²) in [6.45, 7) is 9.23. The molecule has 0 amide bonds. The average Bonchev–Trinajstić information content (AvgIpc) is 2.18. The van der Waals surface area contributed by atoms with Crippen LogP contribution < -0.4 is 5.32 Å². The summed E-state index contributed by atoms with van der Waals surface area (Å²) < 4.78 is 0. The van der Waals surface area contributed by atoms with Crippen LogP contribution in [0.25, 0.3) is 0 Å². The lowest BCUT2D eigenvalue weighted by Gasteiger charge is -2.21. The largest absolute Gasteiger partial charge is 0.317 e. The van der Waals surface area contributed by atoms with E-state index in [1.54, 1.807) is 0 Å². The van der Waals surface area contributed by atoms with Crippen molar-refractivity contribution in [3.63, 3.8) is 0 Å². The fourth-order valence-corrected chi connectivity index (χ4v) is 2.13. The number of nitrogens with one attached hydrogen (secondary N) is 1. The van der Waals surface area contributed by atoms with E-state index in [2.05, 4.69) is 40.1 Å². The van der Waals surface area contributed by atoms with E-state index in [1.165, 1.54) is 32.1 Å². The third kappa shape index (κ3) is 5.64. The molecule has 0 spiro atoms. The number of hydrogen-bond acceptors (Lipinski definition) is 1. The minimum Gasteiger partial charge on any atom is -0.317 e. The topological polar surface area (TPSA) is 12.0 Å². The van der Waals surface area contributed by atoms with Crippen molar-refractivity contribution in [3.8, 4) is 0 Å². The second-order valence-corrected chi connectivity index (χ2v) is 4.75. The van der Waals surface area contributed by atoms with Gasteiger partial charge in [0.15, 0.2) is 0 Å². The highest BCUT2D eigenvalue weighted by Crippen LogP contribution is 2.18. The molecule has 0 aliphatic heterocycles. The number of hydrogen-bond donors (Lipinski definition) is 1. The molecule has 0 saturated carbocycles. The van der Waals surface area contributed by atoms with Gasteiger partial charge in [0.05, 0.1) is 0 Å². The van der Waals surface area contributed by atoms with Gasteiger partial charge in [-0.15, -0.1) is 0 Å². The summed E-state index contributed by atoms with van der Waals surface area (Å²) in [4.78, 5) is 0. The van der Waals surface area contributed by atoms with E-state index in [-0.39, 0.29) is 0 Å². The van der Waals surface area contributed by atoms with Gasteiger partial charge in [0.25, 0.3) is 0 Å². The molecule has 0 rings (SSSR count). The zero-order valence-corrected chi connectivity index (χ0v) is 10.8. The van der Waals surface area contributed by atoms with E-state index in [0.717, 1.165) is 11.8 Å². The highest BCUT2D eigenvalue weighted by molar-refractivity contribution is 4.69. The van der Waals surface area contributed by atoms with Crippen LogP contribution in [0, 0.1) is 11.8 Å². The lowest BCUT2D eigenvalue weighted by molar-refractivity contribution is 0.360. The number of rotatable bonds is 8. The maximum absolute atomic E-state index is 3.41. The average molecular weight is 199 g/mol. The van der Waals surface area contributed by atoms with Crippen molar-refractivity contribution in [3.05, 3.63) is 0 Å². The molecule has 0 aliphatic rings. The zero-order valence-electron chi connectivity index (χ0n) is 10.8. The van der Waals surface area contributed by atoms with Gasteiger partial charge in [0.1, 0.15) is 0 Å². The van der Waals surface area contributed by atoms with E-state index in [4.69, 9.17) is 0 Å². The molecule has 1 atom stereocenters. The standard InChI is InChI=1S/C13H29N/c1-6-12(7-2)9-8-10-13(14-5)11(3)4/h11-14H,6-10H2,1-5H3. The Bertz CT molecular complexity index is 116. The van der Waals surface area contributed by atoms with Crippen molar-refractivity contribution in [1.82, 2.24) is 5.32 Å². The Morgan fingerprint density at radius 1 is 1.00 bits per heavy atom. The molecule has 0 saturated heterocycles. The molecule has 0 fully saturated rings. The first kappa shape index (κ1) is 14.0. The van der Waals surface area contributed by atoms with Gasteiger partial charge in [-0.25, -0.2) is 0 Å². The summed E-state index contributed by atoms with van der Waals surface area (Å²) >= 11 is 0. The quantitative estimate of drug-likeness (QED) is 0.626. The molecule has 14 heavy (non-hydrogen) atoms. The second kappa shape index (κ2) is 8.28. The molecular weight excluding hydrogens is 170 g/mol. The SMILES string of the molecule is CCC(CC)CCCC(NC)C(C)C. The van der Waals surface area contributed by atoms with Crippen LogP contribution in [0.15, 0.2) is 0 Å². The van der Waals surface area contributed by atoms with Crippen LogP contribution in [0.4, 0.5) is 0 Å². The summed E-state index contributed by atoms with van der Waals surface area (Å²) in [7, 11) is 2.09. The minimum atomic E-state index is 0.712. The van der Waals surface area contributed by atoms with Crippen LogP contribution in [0.3, 0.4) is 0 Å². The van der Waals surface area contributed by atoms with Gasteiger partial charge in [-0.2, -0.15) is 0 Å². The van der Waals surface area contributed by atoms with E-state index in [9.17, 15) is 0 Å². The van der Waals surface area contributed by atoms with E-state index in [1.807, 2.05) is 0 Å². The van der Waals surface area contributed by atoms with Crippen LogP contribution in [-0.4, -0.2) is 13.1 Å². The Balaban J connectivity index is 3.59. The van der Waals surface area contributed by atoms with E-state index < -0.39 is 0 Å². The maximum atomic E-state index is 3.41. The van der Waals surface area contributed by atoms with Crippen LogP contribution in [-0.2, 0) is 0 Å². The van der Waals surface area contributed by atoms with Crippen LogP contribution in [0.1, 0.15) is 59.8 Å². The van der Waals surface area contributed by atoms with E-state index >= 15 is 0 Å². The lowest BCUT2D eigenvalue weighted by atomic mass is 9.92. The molecule has 0 heterocycles. The Morgan fingerprint density at radius 3 is 1.93 bits per heavy atom. The van der Waals surface area contributed by atoms with Crippen molar-refractivity contribution in [2.45, 2.75) is 65.8 Å². The van der Waals surface area contributed by atoms with Crippen LogP contribution in [0.5, 0.6) is 0 Å². The minimum absolute atomic E-state index is 0.712. The van der Waals surface area contributed by atoms with Gasteiger partial charge in [0.2, 0.25) is 0 Å². The molecule has 1 unspecified atom stereocenters. The monoisotopic (exact) mass is 199 g/mol. The van der Waals surface area contributed by atoms with Crippen molar-refractivity contribution in [2.75, 3.05) is 7.05 Å². The maximum Gasteiger partial charge on any atom is 0.00870 e. The van der Waals surface area contributed by atoms with Gasteiger partial charge >= 0.3 is 0 Å².